The Hall–Kier alpha value is -1.88. The van der Waals surface area contributed by atoms with Crippen LogP contribution in [0.1, 0.15) is 22.2 Å². The summed E-state index contributed by atoms with van der Waals surface area (Å²) in [5.41, 5.74) is 2.42. The maximum Gasteiger partial charge on any atom is 0.253 e. The summed E-state index contributed by atoms with van der Waals surface area (Å²) in [6, 6.07) is 7.26. The van der Waals surface area contributed by atoms with Crippen molar-refractivity contribution >= 4 is 17.2 Å². The Morgan fingerprint density at radius 1 is 1.47 bits per heavy atom. The number of thiazole rings is 1. The molecule has 19 heavy (non-hydrogen) atoms. The van der Waals surface area contributed by atoms with Gasteiger partial charge in [0.2, 0.25) is 0 Å². The molecule has 0 N–H and O–H groups in total. The first-order valence-electron chi connectivity index (χ1n) is 6.06. The standard InChI is InChI=1S/C14H16N2O2S/c1-3-16(2)14(17)11-5-4-6-12(7-11)18-9-13-8-15-10-19-13/h4-8,10H,3,9H2,1-2H3. The van der Waals surface area contributed by atoms with Crippen LogP contribution in [-0.2, 0) is 6.61 Å². The van der Waals surface area contributed by atoms with Gasteiger partial charge >= 0.3 is 0 Å². The summed E-state index contributed by atoms with van der Waals surface area (Å²) in [6.45, 7) is 3.11. The number of carbonyl (C=O) groups excluding carboxylic acids is 1. The zero-order valence-corrected chi connectivity index (χ0v) is 11.8. The molecule has 1 aromatic carbocycles. The van der Waals surface area contributed by atoms with E-state index in [-0.39, 0.29) is 5.91 Å². The van der Waals surface area contributed by atoms with E-state index in [2.05, 4.69) is 4.98 Å². The summed E-state index contributed by atoms with van der Waals surface area (Å²) in [5, 5.41) is 0. The SMILES string of the molecule is CCN(C)C(=O)c1cccc(OCc2cncs2)c1. The Balaban J connectivity index is 2.04. The molecule has 0 fully saturated rings. The smallest absolute Gasteiger partial charge is 0.253 e. The molecular formula is C14H16N2O2S. The molecule has 0 unspecified atom stereocenters. The maximum absolute atomic E-state index is 12.0. The molecule has 4 nitrogen and oxygen atoms in total. The van der Waals surface area contributed by atoms with Crippen molar-refractivity contribution in [3.8, 4) is 5.75 Å². The molecule has 100 valence electrons. The minimum absolute atomic E-state index is 0.00532. The van der Waals surface area contributed by atoms with Gasteiger partial charge in [0.1, 0.15) is 12.4 Å². The van der Waals surface area contributed by atoms with Gasteiger partial charge in [-0.05, 0) is 25.1 Å². The third kappa shape index (κ3) is 3.54. The van der Waals surface area contributed by atoms with E-state index in [1.54, 1.807) is 47.1 Å². The van der Waals surface area contributed by atoms with Crippen LogP contribution in [0.25, 0.3) is 0 Å². The first-order valence-corrected chi connectivity index (χ1v) is 6.94. The topological polar surface area (TPSA) is 42.4 Å². The van der Waals surface area contributed by atoms with Crippen LogP contribution in [0, 0.1) is 0 Å². The Bertz CT molecular complexity index is 540. The number of amides is 1. The van der Waals surface area contributed by atoms with Crippen molar-refractivity contribution in [2.24, 2.45) is 0 Å². The number of hydrogen-bond donors (Lipinski definition) is 0. The Labute approximate surface area is 116 Å². The number of rotatable bonds is 5. The highest BCUT2D eigenvalue weighted by Crippen LogP contribution is 2.17. The van der Waals surface area contributed by atoms with E-state index in [0.717, 1.165) is 4.88 Å². The summed E-state index contributed by atoms with van der Waals surface area (Å²) in [4.78, 5) is 18.7. The fourth-order valence-corrected chi connectivity index (χ4v) is 2.06. The van der Waals surface area contributed by atoms with E-state index in [1.165, 1.54) is 0 Å². The third-order valence-corrected chi connectivity index (χ3v) is 3.52. The lowest BCUT2D eigenvalue weighted by Crippen LogP contribution is -2.26. The van der Waals surface area contributed by atoms with Gasteiger partial charge in [-0.15, -0.1) is 11.3 Å². The first-order chi connectivity index (χ1) is 9.20. The van der Waals surface area contributed by atoms with Crippen LogP contribution in [0.2, 0.25) is 0 Å². The maximum atomic E-state index is 12.0. The number of aromatic nitrogens is 1. The average molecular weight is 276 g/mol. The zero-order chi connectivity index (χ0) is 13.7. The predicted molar refractivity (Wildman–Crippen MR) is 75.5 cm³/mol. The Morgan fingerprint density at radius 2 is 2.32 bits per heavy atom. The van der Waals surface area contributed by atoms with E-state index < -0.39 is 0 Å². The van der Waals surface area contributed by atoms with Crippen LogP contribution >= 0.6 is 11.3 Å². The van der Waals surface area contributed by atoms with Crippen LogP contribution < -0.4 is 4.74 Å². The Morgan fingerprint density at radius 3 is 3.00 bits per heavy atom. The molecule has 5 heteroatoms. The first kappa shape index (κ1) is 13.5. The zero-order valence-electron chi connectivity index (χ0n) is 11.0. The van der Waals surface area contributed by atoms with E-state index in [0.29, 0.717) is 24.5 Å². The third-order valence-electron chi connectivity index (χ3n) is 2.77. The fraction of sp³-hybridized carbons (Fsp3) is 0.286. The van der Waals surface area contributed by atoms with Gasteiger partial charge in [0.15, 0.2) is 0 Å². The van der Waals surface area contributed by atoms with Gasteiger partial charge < -0.3 is 9.64 Å². The fourth-order valence-electron chi connectivity index (χ4n) is 1.55. The number of hydrogen-bond acceptors (Lipinski definition) is 4. The predicted octanol–water partition coefficient (Wildman–Crippen LogP) is 2.81. The van der Waals surface area contributed by atoms with E-state index >= 15 is 0 Å². The molecule has 0 saturated carbocycles. The van der Waals surface area contributed by atoms with Crippen molar-refractivity contribution in [3.05, 3.63) is 46.4 Å². The molecule has 0 radical (unpaired) electrons. The van der Waals surface area contributed by atoms with Crippen LogP contribution in [0.4, 0.5) is 0 Å². The summed E-state index contributed by atoms with van der Waals surface area (Å²) >= 11 is 1.55. The molecule has 1 amide bonds. The number of ether oxygens (including phenoxy) is 1. The van der Waals surface area contributed by atoms with E-state index in [9.17, 15) is 4.79 Å². The van der Waals surface area contributed by atoms with Gasteiger partial charge in [0, 0.05) is 25.4 Å². The van der Waals surface area contributed by atoms with Gasteiger partial charge in [0.25, 0.3) is 5.91 Å². The van der Waals surface area contributed by atoms with Crippen molar-refractivity contribution in [2.45, 2.75) is 13.5 Å². The van der Waals surface area contributed by atoms with Gasteiger partial charge in [0.05, 0.1) is 10.4 Å². The van der Waals surface area contributed by atoms with Gasteiger partial charge in [-0.3, -0.25) is 9.78 Å². The highest BCUT2D eigenvalue weighted by molar-refractivity contribution is 7.09. The monoisotopic (exact) mass is 276 g/mol. The molecule has 0 aliphatic carbocycles. The van der Waals surface area contributed by atoms with E-state index in [4.69, 9.17) is 4.74 Å². The number of nitrogens with zero attached hydrogens (tertiary/aromatic N) is 2. The lowest BCUT2D eigenvalue weighted by Gasteiger charge is -2.15. The molecule has 0 saturated heterocycles. The average Bonchev–Trinajstić information content (AvgIpc) is 2.97. The second kappa shape index (κ2) is 6.33. The van der Waals surface area contributed by atoms with Crippen LogP contribution in [-0.4, -0.2) is 29.4 Å². The summed E-state index contributed by atoms with van der Waals surface area (Å²) in [6.07, 6.45) is 1.78. The van der Waals surface area contributed by atoms with Crippen molar-refractivity contribution in [1.82, 2.24) is 9.88 Å². The molecule has 0 bridgehead atoms. The lowest BCUT2D eigenvalue weighted by molar-refractivity contribution is 0.0802. The van der Waals surface area contributed by atoms with Crippen molar-refractivity contribution in [1.29, 1.82) is 0 Å². The molecule has 1 aromatic heterocycles. The molecule has 0 atom stereocenters. The molecule has 2 aromatic rings. The van der Waals surface area contributed by atoms with Gasteiger partial charge in [-0.25, -0.2) is 0 Å². The second-order valence-corrected chi connectivity index (χ2v) is 5.07. The quantitative estimate of drug-likeness (QED) is 0.843. The van der Waals surface area contributed by atoms with Gasteiger partial charge in [-0.1, -0.05) is 6.07 Å². The summed E-state index contributed by atoms with van der Waals surface area (Å²) in [7, 11) is 1.78. The summed E-state index contributed by atoms with van der Waals surface area (Å²) in [5.74, 6) is 0.703. The van der Waals surface area contributed by atoms with Crippen molar-refractivity contribution < 1.29 is 9.53 Å². The largest absolute Gasteiger partial charge is 0.488 e. The molecule has 0 spiro atoms. The van der Waals surface area contributed by atoms with Crippen molar-refractivity contribution in [2.75, 3.05) is 13.6 Å². The molecule has 2 rings (SSSR count). The molecule has 0 aliphatic rings. The number of carbonyl (C=O) groups is 1. The Kier molecular flexibility index (Phi) is 4.52. The second-order valence-electron chi connectivity index (χ2n) is 4.10. The minimum atomic E-state index is 0.00532. The molecular weight excluding hydrogens is 260 g/mol. The number of benzene rings is 1. The van der Waals surface area contributed by atoms with Gasteiger partial charge in [-0.2, -0.15) is 0 Å². The summed E-state index contributed by atoms with van der Waals surface area (Å²) < 4.78 is 5.65. The molecule has 0 aliphatic heterocycles. The lowest BCUT2D eigenvalue weighted by atomic mass is 10.2. The van der Waals surface area contributed by atoms with Crippen LogP contribution in [0.15, 0.2) is 36.0 Å². The van der Waals surface area contributed by atoms with Crippen molar-refractivity contribution in [3.63, 3.8) is 0 Å². The van der Waals surface area contributed by atoms with Crippen LogP contribution in [0.5, 0.6) is 5.75 Å². The van der Waals surface area contributed by atoms with E-state index in [1.807, 2.05) is 19.1 Å². The highest BCUT2D eigenvalue weighted by atomic mass is 32.1. The molecule has 1 heterocycles. The minimum Gasteiger partial charge on any atom is -0.488 e. The normalized spacial score (nSPS) is 10.2. The highest BCUT2D eigenvalue weighted by Gasteiger charge is 2.10. The van der Waals surface area contributed by atoms with Crippen LogP contribution in [0.3, 0.4) is 0 Å².